The molecule has 0 bridgehead atoms. The molecule has 0 fully saturated rings. The summed E-state index contributed by atoms with van der Waals surface area (Å²) in [6, 6.07) is 0. The van der Waals surface area contributed by atoms with Gasteiger partial charge in [-0.3, -0.25) is 0 Å². The van der Waals surface area contributed by atoms with Crippen molar-refractivity contribution in [1.29, 1.82) is 0 Å². The molecule has 0 aliphatic heterocycles. The maximum absolute atomic E-state index is 8.47. The van der Waals surface area contributed by atoms with Gasteiger partial charge in [-0.2, -0.15) is 0 Å². The van der Waals surface area contributed by atoms with E-state index in [0.29, 0.717) is 0 Å². The summed E-state index contributed by atoms with van der Waals surface area (Å²) in [7, 11) is 0. The molecule has 16 heavy (non-hydrogen) atoms. The van der Waals surface area contributed by atoms with Crippen LogP contribution in [0.5, 0.6) is 0 Å². The summed E-state index contributed by atoms with van der Waals surface area (Å²) in [5.41, 5.74) is 0.861. The Morgan fingerprint density at radius 1 is 0.812 bits per heavy atom. The molecule has 0 spiro atoms. The van der Waals surface area contributed by atoms with Crippen LogP contribution in [0.2, 0.25) is 0 Å². The Bertz CT molecular complexity index is 166. The summed E-state index contributed by atoms with van der Waals surface area (Å²) < 4.78 is 0. The van der Waals surface area contributed by atoms with E-state index < -0.39 is 0 Å². The Balaban J connectivity index is 2.99. The monoisotopic (exact) mass is 227 g/mol. The predicted octanol–water partition coefficient (Wildman–Crippen LogP) is 5.15. The first-order chi connectivity index (χ1) is 7.81. The van der Waals surface area contributed by atoms with Crippen molar-refractivity contribution < 1.29 is 5.21 Å². The second-order valence-corrected chi connectivity index (χ2v) is 4.77. The largest absolute Gasteiger partial charge is 0.411 e. The summed E-state index contributed by atoms with van der Waals surface area (Å²) in [5, 5.41) is 11.6. The minimum atomic E-state index is 0.861. The van der Waals surface area contributed by atoms with Crippen LogP contribution in [0, 0.1) is 0 Å². The van der Waals surface area contributed by atoms with Gasteiger partial charge in [0.15, 0.2) is 0 Å². The van der Waals surface area contributed by atoms with Gasteiger partial charge in [0.05, 0.1) is 5.71 Å². The Hall–Kier alpha value is -0.530. The first-order valence-electron chi connectivity index (χ1n) is 6.98. The molecule has 0 aromatic carbocycles. The molecular formula is C14H29NO. The zero-order valence-electron chi connectivity index (χ0n) is 11.2. The van der Waals surface area contributed by atoms with E-state index in [0.717, 1.165) is 12.1 Å². The number of oxime groups is 1. The van der Waals surface area contributed by atoms with Crippen molar-refractivity contribution in [2.75, 3.05) is 0 Å². The van der Waals surface area contributed by atoms with E-state index in [4.69, 9.17) is 5.21 Å². The van der Waals surface area contributed by atoms with Crippen LogP contribution in [-0.4, -0.2) is 10.9 Å². The van der Waals surface area contributed by atoms with Gasteiger partial charge >= 0.3 is 0 Å². The lowest BCUT2D eigenvalue weighted by Crippen LogP contribution is -1.90. The molecule has 0 rings (SSSR count). The maximum atomic E-state index is 8.47. The van der Waals surface area contributed by atoms with Crippen LogP contribution >= 0.6 is 0 Å². The lowest BCUT2D eigenvalue weighted by molar-refractivity contribution is 0.317. The zero-order valence-corrected chi connectivity index (χ0v) is 11.2. The Morgan fingerprint density at radius 2 is 1.25 bits per heavy atom. The smallest absolute Gasteiger partial charge is 0.0540 e. The van der Waals surface area contributed by atoms with E-state index in [9.17, 15) is 0 Å². The molecule has 0 saturated heterocycles. The fraction of sp³-hybridized carbons (Fsp3) is 0.929. The molecule has 1 N–H and O–H groups in total. The number of unbranched alkanes of at least 4 members (excludes halogenated alkanes) is 9. The van der Waals surface area contributed by atoms with Crippen molar-refractivity contribution in [3.05, 3.63) is 0 Å². The third-order valence-corrected chi connectivity index (χ3v) is 3.06. The molecule has 0 amide bonds. The normalized spacial score (nSPS) is 12.0. The summed E-state index contributed by atoms with van der Waals surface area (Å²) in [4.78, 5) is 0. The lowest BCUT2D eigenvalue weighted by atomic mass is 10.1. The fourth-order valence-corrected chi connectivity index (χ4v) is 1.92. The van der Waals surface area contributed by atoms with Gasteiger partial charge in [0, 0.05) is 0 Å². The highest BCUT2D eigenvalue weighted by molar-refractivity contribution is 5.81. The average Bonchev–Trinajstić information content (AvgIpc) is 2.31. The van der Waals surface area contributed by atoms with Crippen molar-refractivity contribution in [3.8, 4) is 0 Å². The van der Waals surface area contributed by atoms with Crippen LogP contribution in [0.4, 0.5) is 0 Å². The highest BCUT2D eigenvalue weighted by Gasteiger charge is 1.94. The van der Waals surface area contributed by atoms with E-state index in [1.165, 1.54) is 64.2 Å². The molecule has 0 aliphatic rings. The van der Waals surface area contributed by atoms with Gasteiger partial charge in [0.25, 0.3) is 0 Å². The van der Waals surface area contributed by atoms with E-state index in [-0.39, 0.29) is 0 Å². The molecule has 0 heterocycles. The summed E-state index contributed by atoms with van der Waals surface area (Å²) in [6.45, 7) is 4.14. The van der Waals surface area contributed by atoms with Crippen molar-refractivity contribution in [1.82, 2.24) is 0 Å². The molecule has 0 radical (unpaired) electrons. The van der Waals surface area contributed by atoms with Gasteiger partial charge in [-0.15, -0.1) is 0 Å². The Labute approximate surface area is 101 Å². The first kappa shape index (κ1) is 15.5. The number of nitrogens with zero attached hydrogens (tertiary/aromatic N) is 1. The second-order valence-electron chi connectivity index (χ2n) is 4.77. The SMILES string of the molecule is CCCCCCCCCCCCC(C)=NO. The minimum absolute atomic E-state index is 0.861. The standard InChI is InChI=1S/C14H29NO/c1-3-4-5-6-7-8-9-10-11-12-13-14(2)15-16/h16H,3-13H2,1-2H3. The van der Waals surface area contributed by atoms with Gasteiger partial charge in [0.1, 0.15) is 0 Å². The third-order valence-electron chi connectivity index (χ3n) is 3.06. The van der Waals surface area contributed by atoms with Crippen LogP contribution < -0.4 is 0 Å². The predicted molar refractivity (Wildman–Crippen MR) is 71.4 cm³/mol. The summed E-state index contributed by atoms with van der Waals surface area (Å²) in [6.07, 6.45) is 14.5. The lowest BCUT2D eigenvalue weighted by Gasteiger charge is -2.01. The summed E-state index contributed by atoms with van der Waals surface area (Å²) in [5.74, 6) is 0. The number of rotatable bonds is 11. The third kappa shape index (κ3) is 11.5. The van der Waals surface area contributed by atoms with Crippen LogP contribution in [-0.2, 0) is 0 Å². The number of hydrogen-bond acceptors (Lipinski definition) is 2. The van der Waals surface area contributed by atoms with Crippen molar-refractivity contribution in [3.63, 3.8) is 0 Å². The average molecular weight is 227 g/mol. The first-order valence-corrected chi connectivity index (χ1v) is 6.98. The quantitative estimate of drug-likeness (QED) is 0.225. The van der Waals surface area contributed by atoms with Gasteiger partial charge in [-0.25, -0.2) is 0 Å². The molecule has 0 aromatic rings. The van der Waals surface area contributed by atoms with Gasteiger partial charge < -0.3 is 5.21 Å². The van der Waals surface area contributed by atoms with Gasteiger partial charge in [-0.05, 0) is 19.8 Å². The van der Waals surface area contributed by atoms with Crippen LogP contribution in [0.1, 0.15) is 84.5 Å². The van der Waals surface area contributed by atoms with Gasteiger partial charge in [-0.1, -0.05) is 69.9 Å². The molecule has 0 aliphatic carbocycles. The van der Waals surface area contributed by atoms with E-state index in [1.54, 1.807) is 0 Å². The topological polar surface area (TPSA) is 32.6 Å². The Kier molecular flexibility index (Phi) is 12.1. The van der Waals surface area contributed by atoms with Crippen LogP contribution in [0.25, 0.3) is 0 Å². The van der Waals surface area contributed by atoms with Crippen molar-refractivity contribution in [2.45, 2.75) is 84.5 Å². The fourth-order valence-electron chi connectivity index (χ4n) is 1.92. The molecule has 2 nitrogen and oxygen atoms in total. The van der Waals surface area contributed by atoms with Gasteiger partial charge in [0.2, 0.25) is 0 Å². The zero-order chi connectivity index (χ0) is 12.1. The summed E-state index contributed by atoms with van der Waals surface area (Å²) >= 11 is 0. The minimum Gasteiger partial charge on any atom is -0.411 e. The second kappa shape index (κ2) is 12.5. The molecule has 96 valence electrons. The molecule has 0 unspecified atom stereocenters. The molecule has 2 heteroatoms. The molecule has 0 saturated carbocycles. The highest BCUT2D eigenvalue weighted by Crippen LogP contribution is 2.11. The van der Waals surface area contributed by atoms with Crippen molar-refractivity contribution >= 4 is 5.71 Å². The maximum Gasteiger partial charge on any atom is 0.0540 e. The number of hydrogen-bond donors (Lipinski definition) is 1. The van der Waals surface area contributed by atoms with E-state index in [1.807, 2.05) is 6.92 Å². The highest BCUT2D eigenvalue weighted by atomic mass is 16.4. The van der Waals surface area contributed by atoms with E-state index >= 15 is 0 Å². The molecular weight excluding hydrogens is 198 g/mol. The molecule has 0 aromatic heterocycles. The van der Waals surface area contributed by atoms with Crippen LogP contribution in [0.15, 0.2) is 5.16 Å². The van der Waals surface area contributed by atoms with Crippen LogP contribution in [0.3, 0.4) is 0 Å². The molecule has 0 atom stereocenters. The Morgan fingerprint density at radius 3 is 1.69 bits per heavy atom. The van der Waals surface area contributed by atoms with Crippen molar-refractivity contribution in [2.24, 2.45) is 5.16 Å². The van der Waals surface area contributed by atoms with E-state index in [2.05, 4.69) is 12.1 Å².